The molecule has 1 aliphatic rings. The zero-order valence-corrected chi connectivity index (χ0v) is 17.4. The quantitative estimate of drug-likeness (QED) is 0.832. The molecule has 2 atom stereocenters. The van der Waals surface area contributed by atoms with Crippen molar-refractivity contribution in [2.75, 3.05) is 6.54 Å². The minimum absolute atomic E-state index is 0.0240. The van der Waals surface area contributed by atoms with E-state index in [9.17, 15) is 13.2 Å². The molecular weight excluding hydrogens is 374 g/mol. The van der Waals surface area contributed by atoms with Crippen molar-refractivity contribution in [3.63, 3.8) is 0 Å². The molecule has 7 heteroatoms. The molecule has 1 saturated heterocycles. The van der Waals surface area contributed by atoms with Crippen molar-refractivity contribution in [2.24, 2.45) is 0 Å². The predicted octanol–water partition coefficient (Wildman–Crippen LogP) is 3.44. The average molecular weight is 402 g/mol. The van der Waals surface area contributed by atoms with Crippen LogP contribution in [0.15, 0.2) is 47.6 Å². The Labute approximate surface area is 167 Å². The molecule has 0 aliphatic carbocycles. The Morgan fingerprint density at radius 1 is 1.21 bits per heavy atom. The van der Waals surface area contributed by atoms with Gasteiger partial charge in [-0.3, -0.25) is 9.78 Å². The first-order valence-corrected chi connectivity index (χ1v) is 11.1. The van der Waals surface area contributed by atoms with Gasteiger partial charge in [0.2, 0.25) is 10.0 Å². The van der Waals surface area contributed by atoms with Gasteiger partial charge in [0.1, 0.15) is 0 Å². The summed E-state index contributed by atoms with van der Waals surface area (Å²) >= 11 is 0. The maximum Gasteiger partial charge on any atom is 0.252 e. The third kappa shape index (κ3) is 4.25. The van der Waals surface area contributed by atoms with Crippen LogP contribution in [-0.2, 0) is 10.0 Å². The second kappa shape index (κ2) is 8.41. The lowest BCUT2D eigenvalue weighted by Crippen LogP contribution is -2.42. The van der Waals surface area contributed by atoms with Crippen LogP contribution >= 0.6 is 0 Å². The Morgan fingerprint density at radius 2 is 1.93 bits per heavy atom. The molecule has 1 aromatic carbocycles. The maximum atomic E-state index is 13.1. The maximum absolute atomic E-state index is 13.1. The topological polar surface area (TPSA) is 79.4 Å². The minimum atomic E-state index is -3.62. The van der Waals surface area contributed by atoms with Gasteiger partial charge in [-0.05, 0) is 69.0 Å². The van der Waals surface area contributed by atoms with Crippen molar-refractivity contribution in [1.82, 2.24) is 14.6 Å². The van der Waals surface area contributed by atoms with Crippen LogP contribution in [0.5, 0.6) is 0 Å². The van der Waals surface area contributed by atoms with E-state index in [0.717, 1.165) is 30.4 Å². The van der Waals surface area contributed by atoms with Gasteiger partial charge in [-0.25, -0.2) is 8.42 Å². The Morgan fingerprint density at radius 3 is 2.61 bits per heavy atom. The van der Waals surface area contributed by atoms with Crippen LogP contribution in [0.1, 0.15) is 60.6 Å². The van der Waals surface area contributed by atoms with Crippen molar-refractivity contribution in [3.05, 3.63) is 59.4 Å². The van der Waals surface area contributed by atoms with Gasteiger partial charge >= 0.3 is 0 Å². The number of carbonyl (C=O) groups excluding carboxylic acids is 1. The molecule has 1 aromatic heterocycles. The van der Waals surface area contributed by atoms with E-state index >= 15 is 0 Å². The van der Waals surface area contributed by atoms with Crippen molar-refractivity contribution in [1.29, 1.82) is 0 Å². The summed E-state index contributed by atoms with van der Waals surface area (Å²) in [6.07, 6.45) is 6.13. The molecule has 150 valence electrons. The van der Waals surface area contributed by atoms with Crippen molar-refractivity contribution in [3.8, 4) is 0 Å². The molecular formula is C21H27N3O3S. The van der Waals surface area contributed by atoms with E-state index in [2.05, 4.69) is 10.3 Å². The lowest BCUT2D eigenvalue weighted by Gasteiger charge is -2.32. The number of nitrogens with zero attached hydrogens (tertiary/aromatic N) is 2. The van der Waals surface area contributed by atoms with Crippen LogP contribution in [0.25, 0.3) is 0 Å². The largest absolute Gasteiger partial charge is 0.346 e. The highest BCUT2D eigenvalue weighted by Crippen LogP contribution is 2.26. The highest BCUT2D eigenvalue weighted by molar-refractivity contribution is 7.89. The van der Waals surface area contributed by atoms with Gasteiger partial charge in [0.15, 0.2) is 0 Å². The fraction of sp³-hybridized carbons (Fsp3) is 0.429. The van der Waals surface area contributed by atoms with E-state index in [1.165, 1.54) is 6.07 Å². The molecule has 1 aliphatic heterocycles. The highest BCUT2D eigenvalue weighted by Gasteiger charge is 2.31. The van der Waals surface area contributed by atoms with Crippen molar-refractivity contribution >= 4 is 15.9 Å². The molecule has 0 saturated carbocycles. The first kappa shape index (κ1) is 20.5. The Kier molecular flexibility index (Phi) is 6.15. The van der Waals surface area contributed by atoms with Gasteiger partial charge in [-0.1, -0.05) is 12.5 Å². The van der Waals surface area contributed by atoms with Gasteiger partial charge in [0.05, 0.1) is 10.9 Å². The number of aryl methyl sites for hydroxylation is 1. The molecule has 6 nitrogen and oxygen atoms in total. The molecule has 3 rings (SSSR count). The van der Waals surface area contributed by atoms with Gasteiger partial charge in [0.25, 0.3) is 5.91 Å². The SMILES string of the molecule is Cc1ccc(S(=O)(=O)N2CCCCC2C)cc1C(=O)NC(C)c1ccncc1. The third-order valence-corrected chi connectivity index (χ3v) is 7.37. The van der Waals surface area contributed by atoms with E-state index < -0.39 is 10.0 Å². The number of hydrogen-bond donors (Lipinski definition) is 1. The lowest BCUT2D eigenvalue weighted by atomic mass is 10.1. The third-order valence-electron chi connectivity index (χ3n) is 5.36. The van der Waals surface area contributed by atoms with Gasteiger partial charge < -0.3 is 5.32 Å². The Bertz CT molecular complexity index is 945. The summed E-state index contributed by atoms with van der Waals surface area (Å²) in [6, 6.07) is 8.25. The predicted molar refractivity (Wildman–Crippen MR) is 109 cm³/mol. The molecule has 1 amide bonds. The van der Waals surface area contributed by atoms with E-state index in [1.54, 1.807) is 28.8 Å². The van der Waals surface area contributed by atoms with Crippen molar-refractivity contribution in [2.45, 2.75) is 57.0 Å². The number of pyridine rings is 1. The first-order valence-electron chi connectivity index (χ1n) is 9.64. The fourth-order valence-electron chi connectivity index (χ4n) is 3.58. The summed E-state index contributed by atoms with van der Waals surface area (Å²) in [6.45, 7) is 6.16. The van der Waals surface area contributed by atoms with Crippen LogP contribution in [-0.4, -0.2) is 36.2 Å². The van der Waals surface area contributed by atoms with E-state index in [1.807, 2.05) is 32.9 Å². The molecule has 0 radical (unpaired) electrons. The molecule has 1 N–H and O–H groups in total. The van der Waals surface area contributed by atoms with Gasteiger partial charge in [-0.15, -0.1) is 0 Å². The zero-order valence-electron chi connectivity index (χ0n) is 16.6. The smallest absolute Gasteiger partial charge is 0.252 e. The summed E-state index contributed by atoms with van der Waals surface area (Å²) in [7, 11) is -3.62. The summed E-state index contributed by atoms with van der Waals surface area (Å²) in [5, 5.41) is 2.95. The first-order chi connectivity index (χ1) is 13.3. The zero-order chi connectivity index (χ0) is 20.3. The molecule has 1 fully saturated rings. The molecule has 0 bridgehead atoms. The van der Waals surface area contributed by atoms with Crippen LogP contribution in [0.2, 0.25) is 0 Å². The van der Waals surface area contributed by atoms with Crippen LogP contribution < -0.4 is 5.32 Å². The average Bonchev–Trinajstić information content (AvgIpc) is 2.69. The van der Waals surface area contributed by atoms with Crippen LogP contribution in [0.4, 0.5) is 0 Å². The van der Waals surface area contributed by atoms with E-state index in [4.69, 9.17) is 0 Å². The van der Waals surface area contributed by atoms with E-state index in [-0.39, 0.29) is 22.9 Å². The Balaban J connectivity index is 1.86. The summed E-state index contributed by atoms with van der Waals surface area (Å²) in [5.41, 5.74) is 2.06. The molecule has 2 aromatic rings. The molecule has 2 heterocycles. The molecule has 28 heavy (non-hydrogen) atoms. The molecule has 2 unspecified atom stereocenters. The number of hydrogen-bond acceptors (Lipinski definition) is 4. The number of sulfonamides is 1. The second-order valence-electron chi connectivity index (χ2n) is 7.41. The lowest BCUT2D eigenvalue weighted by molar-refractivity contribution is 0.0939. The monoisotopic (exact) mass is 401 g/mol. The number of carbonyl (C=O) groups is 1. The summed E-state index contributed by atoms with van der Waals surface area (Å²) in [4.78, 5) is 17.0. The summed E-state index contributed by atoms with van der Waals surface area (Å²) < 4.78 is 27.8. The molecule has 0 spiro atoms. The van der Waals surface area contributed by atoms with Gasteiger partial charge in [-0.2, -0.15) is 4.31 Å². The highest BCUT2D eigenvalue weighted by atomic mass is 32.2. The van der Waals surface area contributed by atoms with Crippen LogP contribution in [0, 0.1) is 6.92 Å². The summed E-state index contributed by atoms with van der Waals surface area (Å²) in [5.74, 6) is -0.287. The number of nitrogens with one attached hydrogen (secondary N) is 1. The number of aromatic nitrogens is 1. The number of rotatable bonds is 5. The second-order valence-corrected chi connectivity index (χ2v) is 9.30. The normalized spacial score (nSPS) is 19.2. The Hall–Kier alpha value is -2.25. The van der Waals surface area contributed by atoms with Crippen molar-refractivity contribution < 1.29 is 13.2 Å². The number of benzene rings is 1. The fourth-order valence-corrected chi connectivity index (χ4v) is 5.31. The van der Waals surface area contributed by atoms with E-state index in [0.29, 0.717) is 12.1 Å². The van der Waals surface area contributed by atoms with Gasteiger partial charge in [0, 0.05) is 30.5 Å². The number of amides is 1. The minimum Gasteiger partial charge on any atom is -0.346 e. The number of piperidine rings is 1. The van der Waals surface area contributed by atoms with Crippen LogP contribution in [0.3, 0.4) is 0 Å². The standard InChI is InChI=1S/C21H27N3O3S/c1-15-7-8-19(28(26,27)24-13-5-4-6-16(24)2)14-20(15)21(25)23-17(3)18-9-11-22-12-10-18/h7-12,14,16-17H,4-6,13H2,1-3H3,(H,23,25).